The molecule has 0 heterocycles. The van der Waals surface area contributed by atoms with E-state index in [1.54, 1.807) is 0 Å². The molecule has 0 aromatic heterocycles. The molecule has 5 saturated carbocycles. The van der Waals surface area contributed by atoms with Crippen LogP contribution >= 0.6 is 12.2 Å². The molecule has 5 unspecified atom stereocenters. The normalized spacial score (nSPS) is 46.4. The maximum absolute atomic E-state index is 6.42. The average Bonchev–Trinajstić information content (AvgIpc) is 2.93. The van der Waals surface area contributed by atoms with E-state index in [4.69, 9.17) is 22.7 Å². The van der Waals surface area contributed by atoms with E-state index in [0.717, 1.165) is 17.8 Å². The zero-order valence-corrected chi connectivity index (χ0v) is 12.9. The smallest absolute Gasteiger partial charge is 0.0794 e. The molecule has 1 aromatic rings. The van der Waals surface area contributed by atoms with Crippen LogP contribution in [0.25, 0.3) is 0 Å². The molecule has 0 radical (unpaired) electrons. The molecule has 0 saturated heterocycles. The molecule has 4 bridgehead atoms. The average molecular weight is 299 g/mol. The molecule has 0 spiro atoms. The first kappa shape index (κ1) is 12.6. The van der Waals surface area contributed by atoms with Gasteiger partial charge < -0.3 is 10.5 Å². The molecule has 21 heavy (non-hydrogen) atoms. The van der Waals surface area contributed by atoms with E-state index in [9.17, 15) is 0 Å². The van der Waals surface area contributed by atoms with Crippen molar-refractivity contribution < 1.29 is 4.74 Å². The van der Waals surface area contributed by atoms with Crippen LogP contribution in [0.3, 0.4) is 0 Å². The fourth-order valence-corrected chi connectivity index (χ4v) is 6.09. The number of rotatable bonds is 4. The zero-order valence-electron chi connectivity index (χ0n) is 12.1. The molecule has 2 nitrogen and oxygen atoms in total. The molecule has 5 atom stereocenters. The summed E-state index contributed by atoms with van der Waals surface area (Å²) < 4.78 is 6.42. The molecule has 5 aliphatic rings. The Morgan fingerprint density at radius 2 is 1.90 bits per heavy atom. The van der Waals surface area contributed by atoms with Gasteiger partial charge in [0.2, 0.25) is 0 Å². The summed E-state index contributed by atoms with van der Waals surface area (Å²) in [7, 11) is 0. The highest BCUT2D eigenvalue weighted by Crippen LogP contribution is 2.77. The third kappa shape index (κ3) is 1.44. The number of thiocarbonyl (C=S) groups is 1. The fraction of sp³-hybridized carbons (Fsp3) is 0.611. The lowest BCUT2D eigenvalue weighted by Gasteiger charge is -2.34. The maximum atomic E-state index is 6.42. The van der Waals surface area contributed by atoms with Crippen LogP contribution < -0.4 is 5.73 Å². The number of nitrogens with two attached hydrogens (primary N) is 1. The van der Waals surface area contributed by atoms with Crippen molar-refractivity contribution in [1.29, 1.82) is 0 Å². The third-order valence-electron chi connectivity index (χ3n) is 6.73. The summed E-state index contributed by atoms with van der Waals surface area (Å²) in [5.74, 6) is 1.17. The Morgan fingerprint density at radius 1 is 1.14 bits per heavy atom. The minimum absolute atomic E-state index is 0.0788. The van der Waals surface area contributed by atoms with Crippen LogP contribution in [0, 0.1) is 17.3 Å². The maximum Gasteiger partial charge on any atom is 0.0794 e. The van der Waals surface area contributed by atoms with Crippen LogP contribution in [-0.4, -0.2) is 17.2 Å². The molecule has 3 heteroatoms. The Labute approximate surface area is 131 Å². The lowest BCUT2D eigenvalue weighted by atomic mass is 9.74. The number of benzene rings is 1. The van der Waals surface area contributed by atoms with Gasteiger partial charge in [0.25, 0.3) is 0 Å². The molecule has 2 N–H and O–H groups in total. The molecule has 5 fully saturated rings. The quantitative estimate of drug-likeness (QED) is 0.867. The van der Waals surface area contributed by atoms with Gasteiger partial charge in [-0.1, -0.05) is 42.5 Å². The molecular formula is C18H21NOS. The Hall–Kier alpha value is -0.930. The van der Waals surface area contributed by atoms with Crippen LogP contribution in [0.5, 0.6) is 0 Å². The number of hydrogen-bond donors (Lipinski definition) is 1. The predicted molar refractivity (Wildman–Crippen MR) is 86.1 cm³/mol. The van der Waals surface area contributed by atoms with Crippen molar-refractivity contribution in [3.63, 3.8) is 0 Å². The Balaban J connectivity index is 1.59. The second kappa shape index (κ2) is 3.88. The Kier molecular flexibility index (Phi) is 2.33. The monoisotopic (exact) mass is 299 g/mol. The van der Waals surface area contributed by atoms with Gasteiger partial charge in [-0.25, -0.2) is 0 Å². The van der Waals surface area contributed by atoms with E-state index < -0.39 is 0 Å². The fourth-order valence-electron chi connectivity index (χ4n) is 5.78. The van der Waals surface area contributed by atoms with Gasteiger partial charge in [-0.2, -0.15) is 0 Å². The van der Waals surface area contributed by atoms with Gasteiger partial charge in [0.1, 0.15) is 0 Å². The lowest BCUT2D eigenvalue weighted by molar-refractivity contribution is -0.0113. The molecule has 6 rings (SSSR count). The zero-order chi connectivity index (χ0) is 14.2. The number of ether oxygens (including phenoxy) is 1. The first-order valence-electron chi connectivity index (χ1n) is 8.17. The Morgan fingerprint density at radius 3 is 2.52 bits per heavy atom. The number of hydrogen-bond acceptors (Lipinski definition) is 2. The first-order chi connectivity index (χ1) is 10.2. The van der Waals surface area contributed by atoms with Gasteiger partial charge in [0.05, 0.1) is 17.2 Å². The summed E-state index contributed by atoms with van der Waals surface area (Å²) in [6.45, 7) is 0. The summed E-state index contributed by atoms with van der Waals surface area (Å²) >= 11 is 5.50. The van der Waals surface area contributed by atoms with E-state index in [1.807, 2.05) is 0 Å². The molecule has 110 valence electrons. The molecule has 0 aliphatic heterocycles. The minimum Gasteiger partial charge on any atom is -0.393 e. The van der Waals surface area contributed by atoms with Crippen LogP contribution in [0.4, 0.5) is 0 Å². The summed E-state index contributed by atoms with van der Waals surface area (Å²) in [6, 6.07) is 11.0. The topological polar surface area (TPSA) is 35.2 Å². The lowest BCUT2D eigenvalue weighted by Crippen LogP contribution is -2.40. The predicted octanol–water partition coefficient (Wildman–Crippen LogP) is 3.19. The second-order valence-electron chi connectivity index (χ2n) is 7.64. The summed E-state index contributed by atoms with van der Waals surface area (Å²) in [5, 5.41) is 0. The molecular weight excluding hydrogens is 278 g/mol. The van der Waals surface area contributed by atoms with E-state index in [1.165, 1.54) is 24.8 Å². The highest BCUT2D eigenvalue weighted by molar-refractivity contribution is 7.80. The summed E-state index contributed by atoms with van der Waals surface area (Å²) in [6.07, 6.45) is 6.93. The van der Waals surface area contributed by atoms with Gasteiger partial charge in [0.15, 0.2) is 0 Å². The van der Waals surface area contributed by atoms with Gasteiger partial charge >= 0.3 is 0 Å². The third-order valence-corrected chi connectivity index (χ3v) is 7.13. The van der Waals surface area contributed by atoms with Crippen LogP contribution in [-0.2, 0) is 10.2 Å². The van der Waals surface area contributed by atoms with Crippen LogP contribution in [0.2, 0.25) is 0 Å². The van der Waals surface area contributed by atoms with Crippen molar-refractivity contribution in [2.75, 3.05) is 0 Å². The Bertz CT molecular complexity index is 613. The first-order valence-corrected chi connectivity index (χ1v) is 8.57. The van der Waals surface area contributed by atoms with E-state index >= 15 is 0 Å². The van der Waals surface area contributed by atoms with Crippen molar-refractivity contribution in [3.05, 3.63) is 35.9 Å². The highest BCUT2D eigenvalue weighted by Gasteiger charge is 2.76. The highest BCUT2D eigenvalue weighted by atomic mass is 32.1. The van der Waals surface area contributed by atoms with Crippen molar-refractivity contribution in [2.24, 2.45) is 23.0 Å². The molecule has 1 aromatic carbocycles. The van der Waals surface area contributed by atoms with Crippen molar-refractivity contribution in [2.45, 2.75) is 49.7 Å². The van der Waals surface area contributed by atoms with Gasteiger partial charge in [0, 0.05) is 10.8 Å². The van der Waals surface area contributed by atoms with Crippen molar-refractivity contribution >= 4 is 17.2 Å². The van der Waals surface area contributed by atoms with E-state index in [2.05, 4.69) is 30.3 Å². The summed E-state index contributed by atoms with van der Waals surface area (Å²) in [4.78, 5) is 0.745. The molecule has 0 amide bonds. The molecule has 5 aliphatic carbocycles. The van der Waals surface area contributed by atoms with E-state index in [0.29, 0.717) is 24.0 Å². The van der Waals surface area contributed by atoms with E-state index in [-0.39, 0.29) is 10.8 Å². The van der Waals surface area contributed by atoms with Gasteiger partial charge in [-0.15, -0.1) is 0 Å². The largest absolute Gasteiger partial charge is 0.393 e. The van der Waals surface area contributed by atoms with Crippen molar-refractivity contribution in [3.8, 4) is 0 Å². The van der Waals surface area contributed by atoms with Crippen LogP contribution in [0.15, 0.2) is 30.3 Å². The van der Waals surface area contributed by atoms with Gasteiger partial charge in [-0.05, 0) is 49.5 Å². The van der Waals surface area contributed by atoms with Gasteiger partial charge in [-0.3, -0.25) is 0 Å². The SMILES string of the molecule is NC(=S)C12CC3C(OC4CC4)C1CC3(c1ccccc1)C2. The minimum atomic E-state index is 0.0788. The summed E-state index contributed by atoms with van der Waals surface area (Å²) in [5.41, 5.74) is 8.04. The standard InChI is InChI=1S/C18H21NOS/c19-16(21)18-9-13-15(20-12-6-7-12)14(18)8-17(13,10-18)11-4-2-1-3-5-11/h1-5,12-15H,6-10H2,(H2,19,21). The second-order valence-corrected chi connectivity index (χ2v) is 8.08. The van der Waals surface area contributed by atoms with Crippen LogP contribution in [0.1, 0.15) is 37.7 Å². The van der Waals surface area contributed by atoms with Crippen molar-refractivity contribution in [1.82, 2.24) is 0 Å².